The van der Waals surface area contributed by atoms with Crippen molar-refractivity contribution in [2.75, 3.05) is 6.54 Å². The summed E-state index contributed by atoms with van der Waals surface area (Å²) in [5.41, 5.74) is -2.93. The Labute approximate surface area is 116 Å². The summed E-state index contributed by atoms with van der Waals surface area (Å²) in [5, 5.41) is 11.2. The number of amides is 1. The molecule has 1 aliphatic carbocycles. The van der Waals surface area contributed by atoms with Crippen LogP contribution in [0.5, 0.6) is 0 Å². The Morgan fingerprint density at radius 1 is 1.29 bits per heavy atom. The van der Waals surface area contributed by atoms with Gasteiger partial charge in [-0.1, -0.05) is 0 Å². The van der Waals surface area contributed by atoms with Gasteiger partial charge in [-0.2, -0.15) is 13.2 Å². The summed E-state index contributed by atoms with van der Waals surface area (Å²) in [6.07, 6.45) is -4.10. The van der Waals surface area contributed by atoms with Crippen molar-refractivity contribution in [3.05, 3.63) is 35.1 Å². The highest BCUT2D eigenvalue weighted by molar-refractivity contribution is 5.94. The number of carboxylic acids is 1. The minimum absolute atomic E-state index is 0.167. The number of carbonyl (C=O) groups is 2. The summed E-state index contributed by atoms with van der Waals surface area (Å²) < 4.78 is 50.7. The smallest absolute Gasteiger partial charge is 0.419 e. The molecule has 0 aromatic heterocycles. The molecule has 0 atom stereocenters. The number of carbonyl (C=O) groups excluding carboxylic acids is 1. The first-order valence-corrected chi connectivity index (χ1v) is 6.04. The van der Waals surface area contributed by atoms with Gasteiger partial charge in [0.25, 0.3) is 5.91 Å². The third-order valence-corrected chi connectivity index (χ3v) is 3.43. The van der Waals surface area contributed by atoms with E-state index < -0.39 is 34.8 Å². The number of hydrogen-bond donors (Lipinski definition) is 2. The Morgan fingerprint density at radius 2 is 1.90 bits per heavy atom. The van der Waals surface area contributed by atoms with Gasteiger partial charge in [0.05, 0.1) is 11.0 Å². The van der Waals surface area contributed by atoms with Crippen molar-refractivity contribution in [2.24, 2.45) is 5.41 Å². The molecule has 2 rings (SSSR count). The second kappa shape index (κ2) is 5.01. The number of rotatable bonds is 4. The Bertz CT molecular complexity index is 594. The lowest BCUT2D eigenvalue weighted by Gasteiger charge is -2.13. The molecule has 4 nitrogen and oxygen atoms in total. The van der Waals surface area contributed by atoms with E-state index in [1.54, 1.807) is 0 Å². The van der Waals surface area contributed by atoms with Crippen LogP contribution >= 0.6 is 0 Å². The molecule has 0 heterocycles. The summed E-state index contributed by atoms with van der Waals surface area (Å²) >= 11 is 0. The van der Waals surface area contributed by atoms with Gasteiger partial charge in [-0.05, 0) is 31.0 Å². The Balaban J connectivity index is 2.12. The number of alkyl halides is 3. The maximum Gasteiger partial charge on any atom is 0.419 e. The lowest BCUT2D eigenvalue weighted by molar-refractivity contribution is -0.143. The lowest BCUT2D eigenvalue weighted by Crippen LogP contribution is -2.34. The number of nitrogens with one attached hydrogen (secondary N) is 1. The average molecular weight is 305 g/mol. The monoisotopic (exact) mass is 305 g/mol. The summed E-state index contributed by atoms with van der Waals surface area (Å²) in [6.45, 7) is -0.167. The third-order valence-electron chi connectivity index (χ3n) is 3.43. The predicted molar refractivity (Wildman–Crippen MR) is 63.0 cm³/mol. The van der Waals surface area contributed by atoms with E-state index in [9.17, 15) is 27.2 Å². The van der Waals surface area contributed by atoms with E-state index in [-0.39, 0.29) is 12.1 Å². The predicted octanol–water partition coefficient (Wildman–Crippen LogP) is 2.44. The second-order valence-corrected chi connectivity index (χ2v) is 4.96. The van der Waals surface area contributed by atoms with E-state index >= 15 is 0 Å². The topological polar surface area (TPSA) is 66.4 Å². The maximum absolute atomic E-state index is 13.1. The fourth-order valence-electron chi connectivity index (χ4n) is 1.85. The minimum Gasteiger partial charge on any atom is -0.481 e. The van der Waals surface area contributed by atoms with E-state index in [2.05, 4.69) is 5.32 Å². The lowest BCUT2D eigenvalue weighted by atomic mass is 10.1. The second-order valence-electron chi connectivity index (χ2n) is 4.96. The molecule has 1 aromatic carbocycles. The minimum atomic E-state index is -4.90. The van der Waals surface area contributed by atoms with Crippen LogP contribution < -0.4 is 5.32 Å². The first-order valence-electron chi connectivity index (χ1n) is 6.04. The molecule has 114 valence electrons. The molecule has 0 radical (unpaired) electrons. The summed E-state index contributed by atoms with van der Waals surface area (Å²) in [5.74, 6) is -3.39. The van der Waals surface area contributed by atoms with Crippen LogP contribution in [0, 0.1) is 11.2 Å². The van der Waals surface area contributed by atoms with Gasteiger partial charge in [-0.3, -0.25) is 9.59 Å². The SMILES string of the molecule is O=C(NCC1(C(=O)O)CC1)c1ccc(F)c(C(F)(F)F)c1. The highest BCUT2D eigenvalue weighted by Gasteiger charge is 2.50. The van der Waals surface area contributed by atoms with E-state index in [1.807, 2.05) is 0 Å². The van der Waals surface area contributed by atoms with Crippen LogP contribution in [0.4, 0.5) is 17.6 Å². The van der Waals surface area contributed by atoms with Crippen LogP contribution in [0.1, 0.15) is 28.8 Å². The molecule has 1 fully saturated rings. The first kappa shape index (κ1) is 15.3. The molecule has 1 amide bonds. The van der Waals surface area contributed by atoms with E-state index in [1.165, 1.54) is 0 Å². The van der Waals surface area contributed by atoms with Crippen molar-refractivity contribution in [3.63, 3.8) is 0 Å². The van der Waals surface area contributed by atoms with Gasteiger partial charge < -0.3 is 10.4 Å². The summed E-state index contributed by atoms with van der Waals surface area (Å²) in [4.78, 5) is 22.7. The van der Waals surface area contributed by atoms with E-state index in [4.69, 9.17) is 5.11 Å². The highest BCUT2D eigenvalue weighted by atomic mass is 19.4. The molecule has 1 aliphatic rings. The van der Waals surface area contributed by atoms with Gasteiger partial charge in [-0.15, -0.1) is 0 Å². The van der Waals surface area contributed by atoms with Gasteiger partial charge in [0, 0.05) is 12.1 Å². The van der Waals surface area contributed by atoms with Crippen molar-refractivity contribution in [1.82, 2.24) is 5.32 Å². The molecule has 0 bridgehead atoms. The molecule has 0 aliphatic heterocycles. The number of benzene rings is 1. The molecule has 0 saturated heterocycles. The van der Waals surface area contributed by atoms with Gasteiger partial charge in [0.15, 0.2) is 0 Å². The molecule has 0 spiro atoms. The molecule has 0 unspecified atom stereocenters. The fourth-order valence-corrected chi connectivity index (χ4v) is 1.85. The largest absolute Gasteiger partial charge is 0.481 e. The molecule has 8 heteroatoms. The van der Waals surface area contributed by atoms with Crippen molar-refractivity contribution < 1.29 is 32.3 Å². The van der Waals surface area contributed by atoms with Crippen LogP contribution in [-0.4, -0.2) is 23.5 Å². The molecule has 1 saturated carbocycles. The highest BCUT2D eigenvalue weighted by Crippen LogP contribution is 2.45. The summed E-state index contributed by atoms with van der Waals surface area (Å²) in [6, 6.07) is 1.88. The molecular weight excluding hydrogens is 294 g/mol. The third kappa shape index (κ3) is 3.14. The van der Waals surface area contributed by atoms with Crippen molar-refractivity contribution in [3.8, 4) is 0 Å². The first-order chi connectivity index (χ1) is 9.66. The van der Waals surface area contributed by atoms with Crippen molar-refractivity contribution >= 4 is 11.9 Å². The van der Waals surface area contributed by atoms with E-state index in [0.717, 1.165) is 6.07 Å². The Kier molecular flexibility index (Phi) is 3.65. The zero-order valence-electron chi connectivity index (χ0n) is 10.6. The normalized spacial score (nSPS) is 16.4. The van der Waals surface area contributed by atoms with Crippen molar-refractivity contribution in [1.29, 1.82) is 0 Å². The molecule has 21 heavy (non-hydrogen) atoms. The van der Waals surface area contributed by atoms with Gasteiger partial charge in [0.2, 0.25) is 0 Å². The summed E-state index contributed by atoms with van der Waals surface area (Å²) in [7, 11) is 0. The van der Waals surface area contributed by atoms with Crippen LogP contribution in [0.3, 0.4) is 0 Å². The maximum atomic E-state index is 13.1. The Hall–Kier alpha value is -2.12. The van der Waals surface area contributed by atoms with Crippen LogP contribution in [0.2, 0.25) is 0 Å². The van der Waals surface area contributed by atoms with Crippen molar-refractivity contribution in [2.45, 2.75) is 19.0 Å². The molecular formula is C13H11F4NO3. The van der Waals surface area contributed by atoms with Gasteiger partial charge >= 0.3 is 12.1 Å². The fraction of sp³-hybridized carbons (Fsp3) is 0.385. The van der Waals surface area contributed by atoms with Crippen LogP contribution in [0.25, 0.3) is 0 Å². The van der Waals surface area contributed by atoms with Crippen LogP contribution in [-0.2, 0) is 11.0 Å². The molecule has 1 aromatic rings. The standard InChI is InChI=1S/C13H11F4NO3/c14-9-2-1-7(5-8(9)13(15,16)17)10(19)18-6-12(3-4-12)11(20)21/h1-2,5H,3-4,6H2,(H,18,19)(H,20,21). The molecule has 2 N–H and O–H groups in total. The average Bonchev–Trinajstić information content (AvgIpc) is 3.16. The Morgan fingerprint density at radius 3 is 2.38 bits per heavy atom. The number of halogens is 4. The zero-order valence-corrected chi connectivity index (χ0v) is 10.6. The number of hydrogen-bond acceptors (Lipinski definition) is 2. The number of aliphatic carboxylic acids is 1. The van der Waals surface area contributed by atoms with Gasteiger partial charge in [-0.25, -0.2) is 4.39 Å². The van der Waals surface area contributed by atoms with Gasteiger partial charge in [0.1, 0.15) is 5.82 Å². The zero-order chi connectivity index (χ0) is 15.8. The van der Waals surface area contributed by atoms with Crippen LogP contribution in [0.15, 0.2) is 18.2 Å². The quantitative estimate of drug-likeness (QED) is 0.840. The number of carboxylic acid groups (broad SMARTS) is 1. The van der Waals surface area contributed by atoms with E-state index in [0.29, 0.717) is 25.0 Å².